The largest absolute Gasteiger partial charge is 0.481 e. The topological polar surface area (TPSA) is 110 Å². The first-order chi connectivity index (χ1) is 9.48. The van der Waals surface area contributed by atoms with E-state index in [-0.39, 0.29) is 25.1 Å². The molecule has 1 aromatic heterocycles. The van der Waals surface area contributed by atoms with Crippen molar-refractivity contribution in [3.8, 4) is 0 Å². The van der Waals surface area contributed by atoms with Crippen molar-refractivity contribution in [3.63, 3.8) is 0 Å². The minimum absolute atomic E-state index is 0.0740. The van der Waals surface area contributed by atoms with Crippen LogP contribution in [0.2, 0.25) is 0 Å². The molecular weight excluding hydrogens is 284 g/mol. The van der Waals surface area contributed by atoms with Gasteiger partial charge in [-0.15, -0.1) is 0 Å². The number of hydrogen-bond acceptors (Lipinski definition) is 5. The van der Waals surface area contributed by atoms with Gasteiger partial charge in [0.05, 0.1) is 0 Å². The average Bonchev–Trinajstić information content (AvgIpc) is 2.78. The number of aromatic nitrogens is 1. The molecule has 20 heavy (non-hydrogen) atoms. The van der Waals surface area contributed by atoms with Crippen molar-refractivity contribution in [2.24, 2.45) is 0 Å². The fourth-order valence-corrected chi connectivity index (χ4v) is 2.87. The summed E-state index contributed by atoms with van der Waals surface area (Å²) >= 11 is 0. The third kappa shape index (κ3) is 3.78. The lowest BCUT2D eigenvalue weighted by Gasteiger charge is -2.04. The zero-order valence-corrected chi connectivity index (χ0v) is 11.4. The number of benzene rings is 1. The maximum Gasteiger partial charge on any atom is 0.303 e. The summed E-state index contributed by atoms with van der Waals surface area (Å²) in [5, 5.41) is 12.9. The molecule has 1 heterocycles. The lowest BCUT2D eigenvalue weighted by atomic mass is 10.2. The molecule has 0 saturated heterocycles. The Kier molecular flexibility index (Phi) is 4.35. The fourth-order valence-electron chi connectivity index (χ4n) is 1.74. The lowest BCUT2D eigenvalue weighted by molar-refractivity contribution is -0.137. The molecule has 0 aliphatic heterocycles. The summed E-state index contributed by atoms with van der Waals surface area (Å²) in [5.41, 5.74) is 0.870. The van der Waals surface area contributed by atoms with E-state index in [4.69, 9.17) is 9.63 Å². The standard InChI is InChI=1S/C12H14N2O5S/c15-12(16)6-3-7-13-20(17,18)8-10-9-4-1-2-5-11(9)19-14-10/h1-2,4-5,13H,3,6-8H2,(H,15,16). The highest BCUT2D eigenvalue weighted by atomic mass is 32.2. The summed E-state index contributed by atoms with van der Waals surface area (Å²) in [4.78, 5) is 10.3. The van der Waals surface area contributed by atoms with Crippen LogP contribution in [0.3, 0.4) is 0 Å². The quantitative estimate of drug-likeness (QED) is 0.741. The maximum absolute atomic E-state index is 11.8. The highest BCUT2D eigenvalue weighted by molar-refractivity contribution is 7.88. The number of nitrogens with one attached hydrogen (secondary N) is 1. The Hall–Kier alpha value is -1.93. The molecule has 7 nitrogen and oxygen atoms in total. The van der Waals surface area contributed by atoms with Crippen LogP contribution in [-0.4, -0.2) is 31.2 Å². The summed E-state index contributed by atoms with van der Waals surface area (Å²) in [5.74, 6) is -1.25. The van der Waals surface area contributed by atoms with Crippen molar-refractivity contribution in [1.82, 2.24) is 9.88 Å². The van der Waals surface area contributed by atoms with Crippen LogP contribution in [0.5, 0.6) is 0 Å². The van der Waals surface area contributed by atoms with E-state index in [2.05, 4.69) is 9.88 Å². The van der Waals surface area contributed by atoms with E-state index in [1.165, 1.54) is 0 Å². The second-order valence-corrected chi connectivity index (χ2v) is 6.08. The molecule has 1 aromatic carbocycles. The predicted molar refractivity (Wildman–Crippen MR) is 71.5 cm³/mol. The summed E-state index contributed by atoms with van der Waals surface area (Å²) in [7, 11) is -3.56. The second-order valence-electron chi connectivity index (χ2n) is 4.28. The molecule has 0 amide bonds. The van der Waals surface area contributed by atoms with Crippen molar-refractivity contribution in [2.75, 3.05) is 6.54 Å². The van der Waals surface area contributed by atoms with Crippen LogP contribution < -0.4 is 4.72 Å². The van der Waals surface area contributed by atoms with Gasteiger partial charge in [0.25, 0.3) is 0 Å². The Labute approximate surface area is 115 Å². The van der Waals surface area contributed by atoms with Gasteiger partial charge in [0.15, 0.2) is 5.58 Å². The van der Waals surface area contributed by atoms with E-state index in [1.807, 2.05) is 0 Å². The first-order valence-electron chi connectivity index (χ1n) is 6.00. The monoisotopic (exact) mass is 298 g/mol. The van der Waals surface area contributed by atoms with Crippen LogP contribution in [0.1, 0.15) is 18.5 Å². The molecule has 0 saturated carbocycles. The van der Waals surface area contributed by atoms with Gasteiger partial charge in [-0.25, -0.2) is 13.1 Å². The Morgan fingerprint density at radius 3 is 2.85 bits per heavy atom. The molecule has 0 bridgehead atoms. The predicted octanol–water partition coefficient (Wildman–Crippen LogP) is 1.11. The molecule has 0 unspecified atom stereocenters. The zero-order valence-electron chi connectivity index (χ0n) is 10.6. The van der Waals surface area contributed by atoms with Gasteiger partial charge >= 0.3 is 5.97 Å². The number of carboxylic acid groups (broad SMARTS) is 1. The smallest absolute Gasteiger partial charge is 0.303 e. The minimum atomic E-state index is -3.56. The van der Waals surface area contributed by atoms with Crippen LogP contribution in [0.4, 0.5) is 0 Å². The summed E-state index contributed by atoms with van der Waals surface area (Å²) in [6, 6.07) is 6.99. The van der Waals surface area contributed by atoms with E-state index < -0.39 is 16.0 Å². The minimum Gasteiger partial charge on any atom is -0.481 e. The van der Waals surface area contributed by atoms with Gasteiger partial charge in [0.2, 0.25) is 10.0 Å². The number of fused-ring (bicyclic) bond motifs is 1. The second kappa shape index (κ2) is 6.02. The number of hydrogen-bond donors (Lipinski definition) is 2. The van der Waals surface area contributed by atoms with Crippen LogP contribution in [0.15, 0.2) is 28.8 Å². The van der Waals surface area contributed by atoms with E-state index in [0.29, 0.717) is 16.7 Å². The molecule has 0 aliphatic carbocycles. The van der Waals surface area contributed by atoms with Crippen molar-refractivity contribution < 1.29 is 22.8 Å². The van der Waals surface area contributed by atoms with E-state index in [1.54, 1.807) is 24.3 Å². The Balaban J connectivity index is 1.99. The first kappa shape index (κ1) is 14.5. The SMILES string of the molecule is O=C(O)CCCNS(=O)(=O)Cc1noc2ccccc12. The molecule has 0 spiro atoms. The summed E-state index contributed by atoms with van der Waals surface area (Å²) in [6.45, 7) is 0.0877. The van der Waals surface area contributed by atoms with Crippen molar-refractivity contribution in [2.45, 2.75) is 18.6 Å². The number of nitrogens with zero attached hydrogens (tertiary/aromatic N) is 1. The molecule has 0 radical (unpaired) electrons. The summed E-state index contributed by atoms with van der Waals surface area (Å²) in [6.07, 6.45) is 0.170. The molecule has 108 valence electrons. The number of para-hydroxylation sites is 1. The normalized spacial score (nSPS) is 11.8. The third-order valence-electron chi connectivity index (χ3n) is 2.67. The Morgan fingerprint density at radius 2 is 2.10 bits per heavy atom. The van der Waals surface area contributed by atoms with E-state index >= 15 is 0 Å². The Morgan fingerprint density at radius 1 is 1.35 bits per heavy atom. The van der Waals surface area contributed by atoms with Gasteiger partial charge in [-0.2, -0.15) is 0 Å². The molecule has 2 rings (SSSR count). The van der Waals surface area contributed by atoms with Gasteiger partial charge in [-0.05, 0) is 18.6 Å². The van der Waals surface area contributed by atoms with Gasteiger partial charge in [-0.3, -0.25) is 4.79 Å². The number of carbonyl (C=O) groups is 1. The van der Waals surface area contributed by atoms with Gasteiger partial charge in [-0.1, -0.05) is 17.3 Å². The highest BCUT2D eigenvalue weighted by Gasteiger charge is 2.16. The van der Waals surface area contributed by atoms with Crippen molar-refractivity contribution in [3.05, 3.63) is 30.0 Å². The first-order valence-corrected chi connectivity index (χ1v) is 7.65. The van der Waals surface area contributed by atoms with Gasteiger partial charge in [0.1, 0.15) is 11.4 Å². The van der Waals surface area contributed by atoms with Crippen LogP contribution in [0.25, 0.3) is 11.0 Å². The molecule has 8 heteroatoms. The lowest BCUT2D eigenvalue weighted by Crippen LogP contribution is -2.26. The average molecular weight is 298 g/mol. The summed E-state index contributed by atoms with van der Waals surface area (Å²) < 4.78 is 31.1. The van der Waals surface area contributed by atoms with E-state index in [0.717, 1.165) is 0 Å². The third-order valence-corrected chi connectivity index (χ3v) is 3.97. The van der Waals surface area contributed by atoms with Gasteiger partial charge < -0.3 is 9.63 Å². The number of rotatable bonds is 7. The molecule has 0 aliphatic rings. The fraction of sp³-hybridized carbons (Fsp3) is 0.333. The molecule has 0 fully saturated rings. The molecule has 0 atom stereocenters. The Bertz CT molecular complexity index is 707. The van der Waals surface area contributed by atoms with Crippen LogP contribution in [0, 0.1) is 0 Å². The number of aliphatic carboxylic acids is 1. The van der Waals surface area contributed by atoms with Crippen molar-refractivity contribution >= 4 is 27.0 Å². The highest BCUT2D eigenvalue weighted by Crippen LogP contribution is 2.19. The van der Waals surface area contributed by atoms with E-state index in [9.17, 15) is 13.2 Å². The molecule has 2 N–H and O–H groups in total. The molecular formula is C12H14N2O5S. The number of sulfonamides is 1. The van der Waals surface area contributed by atoms with Gasteiger partial charge in [0, 0.05) is 18.4 Å². The zero-order chi connectivity index (χ0) is 14.6. The van der Waals surface area contributed by atoms with Crippen LogP contribution >= 0.6 is 0 Å². The maximum atomic E-state index is 11.8. The van der Waals surface area contributed by atoms with Crippen LogP contribution in [-0.2, 0) is 20.6 Å². The molecule has 2 aromatic rings. The number of carboxylic acids is 1. The van der Waals surface area contributed by atoms with Crippen molar-refractivity contribution in [1.29, 1.82) is 0 Å².